The van der Waals surface area contributed by atoms with E-state index in [4.69, 9.17) is 11.6 Å². The molecule has 0 spiro atoms. The molecule has 0 aliphatic heterocycles. The van der Waals surface area contributed by atoms with Gasteiger partial charge in [0.05, 0.1) is 0 Å². The van der Waals surface area contributed by atoms with E-state index < -0.39 is 5.92 Å². The smallest absolute Gasteiger partial charge is 0.248 e. The molecule has 0 amide bonds. The summed E-state index contributed by atoms with van der Waals surface area (Å²) in [7, 11) is 0. The first-order valence-corrected chi connectivity index (χ1v) is 3.96. The first-order chi connectivity index (χ1) is 5.55. The molecule has 1 rings (SSSR count). The van der Waals surface area contributed by atoms with Crippen molar-refractivity contribution >= 4 is 5.84 Å². The van der Waals surface area contributed by atoms with E-state index in [0.717, 1.165) is 0 Å². The van der Waals surface area contributed by atoms with Gasteiger partial charge >= 0.3 is 0 Å². The molecule has 0 aromatic rings. The van der Waals surface area contributed by atoms with E-state index in [0.29, 0.717) is 18.7 Å². The maximum atomic E-state index is 12.6. The molecule has 0 unspecified atom stereocenters. The van der Waals surface area contributed by atoms with Crippen LogP contribution < -0.4 is 11.6 Å². The molecule has 0 aromatic heterocycles. The maximum absolute atomic E-state index is 12.6. The van der Waals surface area contributed by atoms with E-state index in [1.54, 1.807) is 0 Å². The third-order valence-electron chi connectivity index (χ3n) is 2.28. The van der Waals surface area contributed by atoms with Crippen molar-refractivity contribution in [1.82, 2.24) is 0 Å². The van der Waals surface area contributed by atoms with E-state index in [2.05, 4.69) is 5.10 Å². The van der Waals surface area contributed by atoms with Crippen LogP contribution in [-0.4, -0.2) is 11.8 Å². The van der Waals surface area contributed by atoms with Crippen LogP contribution in [0.5, 0.6) is 0 Å². The molecule has 0 aromatic carbocycles. The fraction of sp³-hybridized carbons (Fsp3) is 0.857. The molecule has 3 nitrogen and oxygen atoms in total. The summed E-state index contributed by atoms with van der Waals surface area (Å²) in [5.74, 6) is 2.69. The van der Waals surface area contributed by atoms with Crippen molar-refractivity contribution in [3.8, 4) is 0 Å². The van der Waals surface area contributed by atoms with E-state index >= 15 is 0 Å². The van der Waals surface area contributed by atoms with Crippen molar-refractivity contribution in [2.45, 2.75) is 31.6 Å². The third kappa shape index (κ3) is 2.06. The summed E-state index contributed by atoms with van der Waals surface area (Å²) in [5, 5.41) is 3.31. The fourth-order valence-corrected chi connectivity index (χ4v) is 1.44. The highest BCUT2D eigenvalue weighted by molar-refractivity contribution is 5.82. The normalized spacial score (nSPS) is 25.7. The van der Waals surface area contributed by atoms with E-state index in [1.807, 2.05) is 0 Å². The number of nitrogens with two attached hydrogens (primary N) is 2. The van der Waals surface area contributed by atoms with Gasteiger partial charge in [-0.15, -0.1) is 0 Å². The van der Waals surface area contributed by atoms with Gasteiger partial charge in [0, 0.05) is 18.8 Å². The number of halogens is 2. The van der Waals surface area contributed by atoms with E-state index in [1.165, 1.54) is 0 Å². The number of rotatable bonds is 1. The molecule has 5 heteroatoms. The van der Waals surface area contributed by atoms with Crippen molar-refractivity contribution in [3.05, 3.63) is 0 Å². The molecule has 0 atom stereocenters. The molecule has 70 valence electrons. The van der Waals surface area contributed by atoms with Gasteiger partial charge in [-0.25, -0.2) is 8.78 Å². The maximum Gasteiger partial charge on any atom is 0.248 e. The Morgan fingerprint density at radius 3 is 2.25 bits per heavy atom. The van der Waals surface area contributed by atoms with Crippen LogP contribution in [0.15, 0.2) is 5.10 Å². The minimum Gasteiger partial charge on any atom is -0.386 e. The Bertz CT molecular complexity index is 181. The second-order valence-electron chi connectivity index (χ2n) is 3.18. The fourth-order valence-electron chi connectivity index (χ4n) is 1.44. The average Bonchev–Trinajstić information content (AvgIpc) is 2.03. The molecule has 0 bridgehead atoms. The summed E-state index contributed by atoms with van der Waals surface area (Å²) < 4.78 is 25.3. The predicted molar refractivity (Wildman–Crippen MR) is 42.7 cm³/mol. The molecule has 4 N–H and O–H groups in total. The van der Waals surface area contributed by atoms with Crippen LogP contribution in [-0.2, 0) is 0 Å². The van der Waals surface area contributed by atoms with E-state index in [-0.39, 0.29) is 18.8 Å². The van der Waals surface area contributed by atoms with Crippen molar-refractivity contribution in [1.29, 1.82) is 0 Å². The quantitative estimate of drug-likeness (QED) is 0.272. The van der Waals surface area contributed by atoms with Gasteiger partial charge in [0.15, 0.2) is 0 Å². The van der Waals surface area contributed by atoms with Crippen LogP contribution in [0.2, 0.25) is 0 Å². The Labute approximate surface area is 69.8 Å². The highest BCUT2D eigenvalue weighted by atomic mass is 19.3. The summed E-state index contributed by atoms with van der Waals surface area (Å²) in [6, 6.07) is 0. The van der Waals surface area contributed by atoms with Gasteiger partial charge in [-0.2, -0.15) is 5.10 Å². The summed E-state index contributed by atoms with van der Waals surface area (Å²) in [5.41, 5.74) is 5.42. The van der Waals surface area contributed by atoms with Crippen LogP contribution >= 0.6 is 0 Å². The lowest BCUT2D eigenvalue weighted by atomic mass is 9.86. The molecule has 1 saturated carbocycles. The Morgan fingerprint density at radius 1 is 1.33 bits per heavy atom. The number of alkyl halides is 2. The second kappa shape index (κ2) is 3.25. The minimum absolute atomic E-state index is 0.0466. The van der Waals surface area contributed by atoms with Gasteiger partial charge < -0.3 is 11.6 Å². The molecule has 1 fully saturated rings. The first-order valence-electron chi connectivity index (χ1n) is 3.96. The zero-order chi connectivity index (χ0) is 9.19. The van der Waals surface area contributed by atoms with E-state index in [9.17, 15) is 8.78 Å². The third-order valence-corrected chi connectivity index (χ3v) is 2.28. The molecular weight excluding hydrogens is 164 g/mol. The molecule has 1 aliphatic rings. The second-order valence-corrected chi connectivity index (χ2v) is 3.18. The molecular formula is C7H13F2N3. The Kier molecular flexibility index (Phi) is 2.49. The molecule has 0 radical (unpaired) electrons. The van der Waals surface area contributed by atoms with Crippen LogP contribution in [0.3, 0.4) is 0 Å². The zero-order valence-corrected chi connectivity index (χ0v) is 6.76. The topological polar surface area (TPSA) is 64.4 Å². The minimum atomic E-state index is -2.51. The van der Waals surface area contributed by atoms with Crippen molar-refractivity contribution in [2.24, 2.45) is 22.6 Å². The van der Waals surface area contributed by atoms with Crippen LogP contribution in [0.1, 0.15) is 25.7 Å². The zero-order valence-electron chi connectivity index (χ0n) is 6.76. The number of nitrogens with zero attached hydrogens (tertiary/aromatic N) is 1. The number of hydrogen-bond donors (Lipinski definition) is 2. The van der Waals surface area contributed by atoms with Gasteiger partial charge in [0.2, 0.25) is 5.92 Å². The van der Waals surface area contributed by atoms with Crippen molar-refractivity contribution in [2.75, 3.05) is 0 Å². The molecule has 1 aliphatic carbocycles. The standard InChI is InChI=1S/C7H13F2N3/c8-7(9)3-1-5(2-4-7)6(10)12-11/h5H,1-4,11H2,(H2,10,12). The number of hydrogen-bond acceptors (Lipinski definition) is 2. The van der Waals surface area contributed by atoms with Gasteiger partial charge in [-0.05, 0) is 12.8 Å². The summed E-state index contributed by atoms with van der Waals surface area (Å²) >= 11 is 0. The van der Waals surface area contributed by atoms with Crippen LogP contribution in [0.4, 0.5) is 8.78 Å². The Hall–Kier alpha value is -0.870. The molecule has 0 heterocycles. The monoisotopic (exact) mass is 177 g/mol. The summed E-state index contributed by atoms with van der Waals surface area (Å²) in [6.45, 7) is 0. The highest BCUT2D eigenvalue weighted by Crippen LogP contribution is 2.35. The Morgan fingerprint density at radius 2 is 1.83 bits per heavy atom. The van der Waals surface area contributed by atoms with Crippen molar-refractivity contribution in [3.63, 3.8) is 0 Å². The van der Waals surface area contributed by atoms with Gasteiger partial charge in [0.1, 0.15) is 5.84 Å². The van der Waals surface area contributed by atoms with Gasteiger partial charge in [-0.3, -0.25) is 0 Å². The highest BCUT2D eigenvalue weighted by Gasteiger charge is 2.35. The first kappa shape index (κ1) is 9.22. The van der Waals surface area contributed by atoms with Gasteiger partial charge in [0.25, 0.3) is 0 Å². The van der Waals surface area contributed by atoms with Crippen molar-refractivity contribution < 1.29 is 8.78 Å². The average molecular weight is 177 g/mol. The lowest BCUT2D eigenvalue weighted by Crippen LogP contribution is -2.33. The summed E-state index contributed by atoms with van der Waals surface area (Å²) in [4.78, 5) is 0. The van der Waals surface area contributed by atoms with Crippen LogP contribution in [0, 0.1) is 5.92 Å². The number of hydrazone groups is 1. The largest absolute Gasteiger partial charge is 0.386 e. The van der Waals surface area contributed by atoms with Crippen LogP contribution in [0.25, 0.3) is 0 Å². The molecule has 0 saturated heterocycles. The lowest BCUT2D eigenvalue weighted by Gasteiger charge is -2.27. The summed E-state index contributed by atoms with van der Waals surface area (Å²) in [6.07, 6.45) is 0.570. The molecule has 12 heavy (non-hydrogen) atoms. The number of amidine groups is 1. The van der Waals surface area contributed by atoms with Gasteiger partial charge in [-0.1, -0.05) is 0 Å². The lowest BCUT2D eigenvalue weighted by molar-refractivity contribution is -0.0394. The SMILES string of the molecule is N/N=C(\N)C1CCC(F)(F)CC1. The predicted octanol–water partition coefficient (Wildman–Crippen LogP) is 1.04. The Balaban J connectivity index is 2.47.